The Balaban J connectivity index is 2.30. The van der Waals surface area contributed by atoms with E-state index in [0.717, 1.165) is 18.4 Å². The molecule has 1 aromatic carbocycles. The van der Waals surface area contributed by atoms with E-state index in [-0.39, 0.29) is 18.0 Å². The van der Waals surface area contributed by atoms with E-state index in [4.69, 9.17) is 10.5 Å². The fraction of sp³-hybridized carbons (Fsp3) is 0.500. The van der Waals surface area contributed by atoms with Crippen LogP contribution in [0, 0.1) is 12.7 Å². The first-order valence-corrected chi connectivity index (χ1v) is 5.31. The molecule has 1 heterocycles. The van der Waals surface area contributed by atoms with Crippen molar-refractivity contribution in [1.29, 1.82) is 0 Å². The van der Waals surface area contributed by atoms with Gasteiger partial charge in [-0.05, 0) is 25.8 Å². The average Bonchev–Trinajstić information content (AvgIpc) is 2.23. The van der Waals surface area contributed by atoms with Gasteiger partial charge in [-0.1, -0.05) is 17.7 Å². The average molecular weight is 209 g/mol. The van der Waals surface area contributed by atoms with Gasteiger partial charge in [-0.3, -0.25) is 0 Å². The summed E-state index contributed by atoms with van der Waals surface area (Å²) in [6.45, 7) is 2.61. The van der Waals surface area contributed by atoms with Crippen LogP contribution in [-0.4, -0.2) is 12.6 Å². The van der Waals surface area contributed by atoms with Gasteiger partial charge in [-0.15, -0.1) is 0 Å². The van der Waals surface area contributed by atoms with Crippen molar-refractivity contribution >= 4 is 0 Å². The molecule has 1 aliphatic heterocycles. The molecular weight excluding hydrogens is 193 g/mol. The molecule has 0 aliphatic carbocycles. The highest BCUT2D eigenvalue weighted by atomic mass is 19.1. The van der Waals surface area contributed by atoms with Crippen LogP contribution in [-0.2, 0) is 4.74 Å². The third-order valence-electron chi connectivity index (χ3n) is 2.83. The van der Waals surface area contributed by atoms with Crippen molar-refractivity contribution in [2.24, 2.45) is 5.73 Å². The van der Waals surface area contributed by atoms with Gasteiger partial charge in [0.15, 0.2) is 0 Å². The van der Waals surface area contributed by atoms with Crippen LogP contribution >= 0.6 is 0 Å². The predicted octanol–water partition coefficient (Wildman–Crippen LogP) is 2.31. The Hall–Kier alpha value is -0.930. The second-order valence-electron chi connectivity index (χ2n) is 4.12. The summed E-state index contributed by atoms with van der Waals surface area (Å²) >= 11 is 0. The minimum absolute atomic E-state index is 0.0879. The highest BCUT2D eigenvalue weighted by molar-refractivity contribution is 5.27. The maximum atomic E-state index is 13.6. The second-order valence-corrected chi connectivity index (χ2v) is 4.12. The molecule has 2 unspecified atom stereocenters. The molecule has 0 spiro atoms. The number of aryl methyl sites for hydroxylation is 1. The van der Waals surface area contributed by atoms with Gasteiger partial charge in [0, 0.05) is 18.2 Å². The zero-order valence-electron chi connectivity index (χ0n) is 8.87. The van der Waals surface area contributed by atoms with Gasteiger partial charge in [0.05, 0.1) is 0 Å². The first kappa shape index (κ1) is 10.6. The normalized spacial score (nSPS) is 26.6. The van der Waals surface area contributed by atoms with Crippen molar-refractivity contribution in [2.75, 3.05) is 6.61 Å². The van der Waals surface area contributed by atoms with Gasteiger partial charge in [0.25, 0.3) is 0 Å². The molecule has 3 heteroatoms. The molecule has 0 amide bonds. The quantitative estimate of drug-likeness (QED) is 0.770. The van der Waals surface area contributed by atoms with Crippen molar-refractivity contribution in [2.45, 2.75) is 31.9 Å². The standard InChI is InChI=1S/C12H16FNO/c1-8-4-5-10(13)9(7-8)12-11(14)3-2-6-15-12/h4-5,7,11-12H,2-3,6,14H2,1H3. The minimum Gasteiger partial charge on any atom is -0.372 e. The van der Waals surface area contributed by atoms with Crippen molar-refractivity contribution in [3.05, 3.63) is 35.1 Å². The molecule has 1 saturated heterocycles. The van der Waals surface area contributed by atoms with E-state index < -0.39 is 0 Å². The van der Waals surface area contributed by atoms with E-state index in [9.17, 15) is 4.39 Å². The first-order chi connectivity index (χ1) is 7.18. The molecule has 0 saturated carbocycles. The molecule has 1 aromatic rings. The SMILES string of the molecule is Cc1ccc(F)c(C2OCCCC2N)c1. The van der Waals surface area contributed by atoms with Crippen molar-refractivity contribution in [3.8, 4) is 0 Å². The van der Waals surface area contributed by atoms with Gasteiger partial charge < -0.3 is 10.5 Å². The number of ether oxygens (including phenoxy) is 1. The largest absolute Gasteiger partial charge is 0.372 e. The summed E-state index contributed by atoms with van der Waals surface area (Å²) in [5.74, 6) is -0.219. The number of nitrogens with two attached hydrogens (primary N) is 1. The lowest BCUT2D eigenvalue weighted by Gasteiger charge is -2.29. The number of hydrogen-bond donors (Lipinski definition) is 1. The van der Waals surface area contributed by atoms with E-state index in [1.165, 1.54) is 6.07 Å². The highest BCUT2D eigenvalue weighted by Crippen LogP contribution is 2.29. The van der Waals surface area contributed by atoms with Crippen molar-refractivity contribution in [3.63, 3.8) is 0 Å². The Labute approximate surface area is 89.2 Å². The molecular formula is C12H16FNO. The van der Waals surface area contributed by atoms with Gasteiger partial charge in [-0.25, -0.2) is 4.39 Å². The van der Waals surface area contributed by atoms with E-state index in [1.807, 2.05) is 13.0 Å². The van der Waals surface area contributed by atoms with Crippen LogP contribution in [0.5, 0.6) is 0 Å². The Morgan fingerprint density at radius 2 is 2.27 bits per heavy atom. The van der Waals surface area contributed by atoms with Crippen LogP contribution in [0.4, 0.5) is 4.39 Å². The minimum atomic E-state index is -0.279. The molecule has 0 aromatic heterocycles. The summed E-state index contributed by atoms with van der Waals surface area (Å²) in [4.78, 5) is 0. The second kappa shape index (κ2) is 4.29. The van der Waals surface area contributed by atoms with E-state index >= 15 is 0 Å². The summed E-state index contributed by atoms with van der Waals surface area (Å²) in [5.41, 5.74) is 7.57. The van der Waals surface area contributed by atoms with Crippen LogP contribution in [0.1, 0.15) is 30.1 Å². The molecule has 2 rings (SSSR count). The summed E-state index contributed by atoms with van der Waals surface area (Å²) in [6.07, 6.45) is 1.59. The van der Waals surface area contributed by atoms with Crippen molar-refractivity contribution in [1.82, 2.24) is 0 Å². The van der Waals surface area contributed by atoms with Gasteiger partial charge in [-0.2, -0.15) is 0 Å². The maximum absolute atomic E-state index is 13.6. The summed E-state index contributed by atoms with van der Waals surface area (Å²) < 4.78 is 19.1. The predicted molar refractivity (Wildman–Crippen MR) is 57.0 cm³/mol. The lowest BCUT2D eigenvalue weighted by atomic mass is 9.95. The molecule has 0 radical (unpaired) electrons. The lowest BCUT2D eigenvalue weighted by molar-refractivity contribution is -0.00191. The molecule has 15 heavy (non-hydrogen) atoms. The van der Waals surface area contributed by atoms with Crippen LogP contribution in [0.25, 0.3) is 0 Å². The zero-order valence-corrected chi connectivity index (χ0v) is 8.87. The number of benzene rings is 1. The topological polar surface area (TPSA) is 35.2 Å². The van der Waals surface area contributed by atoms with Crippen molar-refractivity contribution < 1.29 is 9.13 Å². The fourth-order valence-corrected chi connectivity index (χ4v) is 2.01. The molecule has 1 aliphatic rings. The Bertz CT molecular complexity index is 353. The summed E-state index contributed by atoms with van der Waals surface area (Å²) in [5, 5.41) is 0. The van der Waals surface area contributed by atoms with Crippen LogP contribution in [0.2, 0.25) is 0 Å². The van der Waals surface area contributed by atoms with Gasteiger partial charge >= 0.3 is 0 Å². The van der Waals surface area contributed by atoms with E-state index in [2.05, 4.69) is 0 Å². The van der Waals surface area contributed by atoms with Crippen LogP contribution < -0.4 is 5.73 Å². The maximum Gasteiger partial charge on any atom is 0.129 e. The van der Waals surface area contributed by atoms with Gasteiger partial charge in [0.1, 0.15) is 11.9 Å². The fourth-order valence-electron chi connectivity index (χ4n) is 2.01. The Kier molecular flexibility index (Phi) is 3.03. The highest BCUT2D eigenvalue weighted by Gasteiger charge is 2.26. The van der Waals surface area contributed by atoms with E-state index in [0.29, 0.717) is 12.2 Å². The van der Waals surface area contributed by atoms with Crippen LogP contribution in [0.15, 0.2) is 18.2 Å². The number of halogens is 1. The molecule has 82 valence electrons. The molecule has 0 bridgehead atoms. The van der Waals surface area contributed by atoms with E-state index in [1.54, 1.807) is 6.07 Å². The molecule has 2 atom stereocenters. The summed E-state index contributed by atoms with van der Waals surface area (Å²) in [6, 6.07) is 4.98. The smallest absolute Gasteiger partial charge is 0.129 e. The molecule has 2 N–H and O–H groups in total. The zero-order chi connectivity index (χ0) is 10.8. The Morgan fingerprint density at radius 1 is 1.47 bits per heavy atom. The third-order valence-corrected chi connectivity index (χ3v) is 2.83. The number of hydrogen-bond acceptors (Lipinski definition) is 2. The third kappa shape index (κ3) is 2.19. The summed E-state index contributed by atoms with van der Waals surface area (Å²) in [7, 11) is 0. The van der Waals surface area contributed by atoms with Gasteiger partial charge in [0.2, 0.25) is 0 Å². The molecule has 1 fully saturated rings. The first-order valence-electron chi connectivity index (χ1n) is 5.31. The monoisotopic (exact) mass is 209 g/mol. The van der Waals surface area contributed by atoms with Crippen LogP contribution in [0.3, 0.4) is 0 Å². The lowest BCUT2D eigenvalue weighted by Crippen LogP contribution is -2.35. The Morgan fingerprint density at radius 3 is 3.00 bits per heavy atom. The molecule has 2 nitrogen and oxygen atoms in total. The number of rotatable bonds is 1.